The van der Waals surface area contributed by atoms with Crippen molar-refractivity contribution < 1.29 is 13.5 Å². The van der Waals surface area contributed by atoms with E-state index in [1.807, 2.05) is 24.3 Å². The molecule has 0 saturated heterocycles. The molecule has 0 aromatic heterocycles. The van der Waals surface area contributed by atoms with Crippen molar-refractivity contribution in [2.75, 3.05) is 19.6 Å². The molecule has 0 amide bonds. The molecule has 0 N–H and O–H groups in total. The first-order chi connectivity index (χ1) is 30.5. The maximum absolute atomic E-state index is 6.19. The van der Waals surface area contributed by atoms with Crippen LogP contribution in [0.4, 0.5) is 22.7 Å². The van der Waals surface area contributed by atoms with Crippen molar-refractivity contribution in [3.05, 3.63) is 231 Å². The summed E-state index contributed by atoms with van der Waals surface area (Å²) in [6.45, 7) is 30.4. The van der Waals surface area contributed by atoms with Gasteiger partial charge in [-0.1, -0.05) is 70.8 Å². The molecule has 0 radical (unpaired) electrons. The third kappa shape index (κ3) is 10.2. The number of fused-ring (bicyclic) bond motifs is 1. The number of anilines is 4. The summed E-state index contributed by atoms with van der Waals surface area (Å²) in [5.41, 5.74) is 25.7. The molecule has 64 heavy (non-hydrogen) atoms. The molecule has 9 rings (SSSR count). The molecule has 3 aliphatic rings. The Labute approximate surface area is 396 Å². The van der Waals surface area contributed by atoms with Gasteiger partial charge in [-0.3, -0.25) is 0 Å². The molecular weight excluding hydrogens is 913 g/mol. The SMILES string of the molecule is Cc1cc(C)c(N2C=CN(c3c(C)cc(C)cc3C)[CH-]2)c(C)c1.Cc1cc(C)c(N2C=CN(c3c(C)cc(C)cc3C)[CH-]2)c(C)c1.[Cl][Ru]([Cl])=[C]1C=C(c2ccccc2)c2ccccc21. The summed E-state index contributed by atoms with van der Waals surface area (Å²) in [5.74, 6) is 0. The van der Waals surface area contributed by atoms with Crippen LogP contribution in [0.5, 0.6) is 0 Å². The first-order valence-electron chi connectivity index (χ1n) is 21.8. The molecule has 6 aromatic rings. The Morgan fingerprint density at radius 2 is 0.656 bits per heavy atom. The molecule has 4 nitrogen and oxygen atoms in total. The summed E-state index contributed by atoms with van der Waals surface area (Å²) in [6.07, 6.45) is 10.7. The van der Waals surface area contributed by atoms with Crippen LogP contribution in [-0.4, -0.2) is 4.11 Å². The zero-order chi connectivity index (χ0) is 46.0. The third-order valence-corrected chi connectivity index (χ3v) is 14.9. The van der Waals surface area contributed by atoms with Gasteiger partial charge in [-0.25, -0.2) is 0 Å². The maximum atomic E-state index is 6.19. The summed E-state index contributed by atoms with van der Waals surface area (Å²) in [7, 11) is 12.4. The van der Waals surface area contributed by atoms with Crippen molar-refractivity contribution >= 4 is 51.8 Å². The number of aryl methyl sites for hydroxylation is 12. The van der Waals surface area contributed by atoms with Crippen LogP contribution in [0.25, 0.3) is 5.57 Å². The zero-order valence-corrected chi connectivity index (χ0v) is 42.5. The van der Waals surface area contributed by atoms with Crippen LogP contribution in [0, 0.1) is 96.4 Å². The summed E-state index contributed by atoms with van der Waals surface area (Å²) in [5, 5.41) is 0. The molecule has 332 valence electrons. The molecule has 2 aliphatic heterocycles. The molecule has 0 bridgehead atoms. The average molecular weight is 973 g/mol. The quantitative estimate of drug-likeness (QED) is 0.126. The Morgan fingerprint density at radius 1 is 0.375 bits per heavy atom. The van der Waals surface area contributed by atoms with Crippen molar-refractivity contribution in [2.24, 2.45) is 0 Å². The second-order valence-electron chi connectivity index (χ2n) is 17.4. The number of hydrogen-bond donors (Lipinski definition) is 0. The van der Waals surface area contributed by atoms with Crippen molar-refractivity contribution in [3.8, 4) is 0 Å². The van der Waals surface area contributed by atoms with Crippen LogP contribution >= 0.6 is 19.4 Å². The average Bonchev–Trinajstić information content (AvgIpc) is 3.97. The predicted molar refractivity (Wildman–Crippen MR) is 275 cm³/mol. The van der Waals surface area contributed by atoms with Gasteiger partial charge in [0.2, 0.25) is 0 Å². The van der Waals surface area contributed by atoms with E-state index < -0.39 is 13.5 Å². The fraction of sp³-hybridized carbons (Fsp3) is 0.211. The van der Waals surface area contributed by atoms with Crippen molar-refractivity contribution in [3.63, 3.8) is 0 Å². The van der Waals surface area contributed by atoms with E-state index >= 15 is 0 Å². The first kappa shape index (κ1) is 46.8. The van der Waals surface area contributed by atoms with Gasteiger partial charge in [-0.05, 0) is 152 Å². The number of nitrogens with zero attached hydrogens (tertiary/aromatic N) is 4. The van der Waals surface area contributed by atoms with Gasteiger partial charge >= 0.3 is 120 Å². The van der Waals surface area contributed by atoms with Crippen molar-refractivity contribution in [1.29, 1.82) is 0 Å². The van der Waals surface area contributed by atoms with Crippen molar-refractivity contribution in [1.82, 2.24) is 0 Å². The van der Waals surface area contributed by atoms with E-state index in [1.54, 1.807) is 0 Å². The number of benzene rings is 6. The number of allylic oxidation sites excluding steroid dienone is 1. The monoisotopic (exact) mass is 972 g/mol. The normalized spacial score (nSPS) is 14.1. The molecule has 1 aliphatic carbocycles. The first-order valence-corrected chi connectivity index (χ1v) is 27.1. The molecule has 0 spiro atoms. The minimum atomic E-state index is -1.88. The molecule has 6 aromatic carbocycles. The number of hydrogen-bond acceptors (Lipinski definition) is 4. The van der Waals surface area contributed by atoms with Gasteiger partial charge in [0.1, 0.15) is 0 Å². The Kier molecular flexibility index (Phi) is 14.6. The summed E-state index contributed by atoms with van der Waals surface area (Å²) in [6, 6.07) is 36.6. The van der Waals surface area contributed by atoms with Crippen LogP contribution in [0.2, 0.25) is 0 Å². The van der Waals surface area contributed by atoms with Gasteiger partial charge in [-0.15, -0.1) is 13.3 Å². The molecule has 0 atom stereocenters. The molecule has 0 saturated carbocycles. The Balaban J connectivity index is 0.000000145. The summed E-state index contributed by atoms with van der Waals surface area (Å²) >= 11 is -1.88. The molecule has 0 unspecified atom stereocenters. The van der Waals surface area contributed by atoms with Gasteiger partial charge in [0.15, 0.2) is 0 Å². The fourth-order valence-corrected chi connectivity index (χ4v) is 12.2. The summed E-state index contributed by atoms with van der Waals surface area (Å²) in [4.78, 5) is 8.90. The van der Waals surface area contributed by atoms with E-state index in [4.69, 9.17) is 19.4 Å². The Hall–Kier alpha value is -5.19. The molecule has 0 fully saturated rings. The number of rotatable bonds is 5. The fourth-order valence-electron chi connectivity index (χ4n) is 9.72. The topological polar surface area (TPSA) is 13.0 Å². The van der Waals surface area contributed by atoms with Gasteiger partial charge < -0.3 is 19.6 Å². The van der Waals surface area contributed by atoms with Crippen LogP contribution in [0.1, 0.15) is 83.5 Å². The zero-order valence-electron chi connectivity index (χ0n) is 39.3. The van der Waals surface area contributed by atoms with Crippen LogP contribution in [0.3, 0.4) is 0 Å². The van der Waals surface area contributed by atoms with E-state index in [-0.39, 0.29) is 0 Å². The second-order valence-corrected chi connectivity index (χ2v) is 23.2. The molecule has 7 heteroatoms. The van der Waals surface area contributed by atoms with Gasteiger partial charge in [-0.2, -0.15) is 0 Å². The van der Waals surface area contributed by atoms with Crippen LogP contribution in [-0.2, 0) is 13.5 Å². The standard InChI is InChI=1S/2C21H25N2.C15H10.2ClH.Ru/c2*1-14-9-16(3)20(17(4)10-14)22-7-8-23(13-22)21-18(5)11-15(2)12-19(21)6;1-2-6-12(7-3-1)15-11-10-13-8-4-5-9-14(13)15;;;/h2*7-13H,1-6H3;1-9,11H;2*1H;/q2*-1;;;;+2/p-2. The van der Waals surface area contributed by atoms with E-state index in [2.05, 4.69) is 226 Å². The second kappa shape index (κ2) is 19.9. The third-order valence-electron chi connectivity index (χ3n) is 11.8. The summed E-state index contributed by atoms with van der Waals surface area (Å²) < 4.78 is 1.12. The van der Waals surface area contributed by atoms with E-state index in [0.717, 1.165) is 4.11 Å². The van der Waals surface area contributed by atoms with Gasteiger partial charge in [0.05, 0.1) is 0 Å². The van der Waals surface area contributed by atoms with Crippen LogP contribution < -0.4 is 19.6 Å². The van der Waals surface area contributed by atoms with Gasteiger partial charge in [0, 0.05) is 22.7 Å². The van der Waals surface area contributed by atoms with Crippen molar-refractivity contribution in [2.45, 2.75) is 83.1 Å². The van der Waals surface area contributed by atoms with Gasteiger partial charge in [0.25, 0.3) is 0 Å². The molecular formula is C57H60Cl2N4Ru-2. The van der Waals surface area contributed by atoms with E-state index in [9.17, 15) is 0 Å². The van der Waals surface area contributed by atoms with E-state index in [0.29, 0.717) is 0 Å². The predicted octanol–water partition coefficient (Wildman–Crippen LogP) is 15.5. The number of halogens is 2. The molecule has 2 heterocycles. The Morgan fingerprint density at radius 3 is 0.953 bits per heavy atom. The van der Waals surface area contributed by atoms with E-state index in [1.165, 1.54) is 112 Å². The Bertz CT molecular complexity index is 2490. The minimum absolute atomic E-state index is 1.12. The van der Waals surface area contributed by atoms with Crippen LogP contribution in [0.15, 0.2) is 134 Å².